The number of nitrogens with one attached hydrogen (secondary N) is 1. The van der Waals surface area contributed by atoms with E-state index in [1.807, 2.05) is 24.3 Å². The van der Waals surface area contributed by atoms with E-state index in [1.165, 1.54) is 28.4 Å². The van der Waals surface area contributed by atoms with Gasteiger partial charge in [-0.3, -0.25) is 10.2 Å². The molecule has 0 aliphatic carbocycles. The molecular weight excluding hydrogens is 428 g/mol. The molecule has 2 N–H and O–H groups in total. The Kier molecular flexibility index (Phi) is 5.88. The van der Waals surface area contributed by atoms with Gasteiger partial charge in [-0.15, -0.1) is 0 Å². The fourth-order valence-electron chi connectivity index (χ4n) is 3.12. The van der Waals surface area contributed by atoms with E-state index in [1.54, 1.807) is 24.3 Å². The van der Waals surface area contributed by atoms with Gasteiger partial charge in [0, 0.05) is 0 Å². The van der Waals surface area contributed by atoms with Gasteiger partial charge >= 0.3 is 5.97 Å². The average Bonchev–Trinajstić information content (AvgIpc) is 3.02. The van der Waals surface area contributed by atoms with Crippen LogP contribution in [0.1, 0.15) is 21.5 Å². The monoisotopic (exact) mass is 446 g/mol. The summed E-state index contributed by atoms with van der Waals surface area (Å²) in [6.07, 6.45) is 1.78. The first kappa shape index (κ1) is 20.8. The number of hydrogen-bond donors (Lipinski definition) is 2. The minimum absolute atomic E-state index is 0.0622. The third kappa shape index (κ3) is 4.52. The summed E-state index contributed by atoms with van der Waals surface area (Å²) in [4.78, 5) is 24.7. The SMILES string of the molecule is Cc1ccc(-c2ccc(/C=C3/SC(=S)N(Nc4ccccc4C(=O)O)C3=O)cc2)cc1. The molecule has 0 saturated carbocycles. The lowest BCUT2D eigenvalue weighted by Crippen LogP contribution is -2.34. The Morgan fingerprint density at radius 1 is 1.00 bits per heavy atom. The third-order valence-corrected chi connectivity index (χ3v) is 6.08. The molecule has 1 amide bonds. The summed E-state index contributed by atoms with van der Waals surface area (Å²) in [5.41, 5.74) is 7.52. The van der Waals surface area contributed by atoms with Crippen molar-refractivity contribution in [1.82, 2.24) is 5.01 Å². The summed E-state index contributed by atoms with van der Waals surface area (Å²) in [5, 5.41) is 10.5. The zero-order valence-corrected chi connectivity index (χ0v) is 18.2. The normalized spacial score (nSPS) is 14.9. The van der Waals surface area contributed by atoms with E-state index < -0.39 is 5.97 Å². The number of carbonyl (C=O) groups excluding carboxylic acids is 1. The van der Waals surface area contributed by atoms with Gasteiger partial charge in [0.1, 0.15) is 0 Å². The molecule has 1 saturated heterocycles. The van der Waals surface area contributed by atoms with E-state index in [0.717, 1.165) is 16.7 Å². The Morgan fingerprint density at radius 3 is 2.26 bits per heavy atom. The maximum absolute atomic E-state index is 12.9. The Balaban J connectivity index is 1.53. The van der Waals surface area contributed by atoms with Gasteiger partial charge in [-0.2, -0.15) is 0 Å². The van der Waals surface area contributed by atoms with E-state index in [9.17, 15) is 14.7 Å². The molecule has 0 aromatic heterocycles. The molecular formula is C24H18N2O3S2. The van der Waals surface area contributed by atoms with Crippen molar-refractivity contribution in [1.29, 1.82) is 0 Å². The molecule has 0 bridgehead atoms. The number of carboxylic acid groups (broad SMARTS) is 1. The van der Waals surface area contributed by atoms with Gasteiger partial charge in [-0.25, -0.2) is 9.80 Å². The molecule has 0 spiro atoms. The number of aryl methyl sites for hydroxylation is 1. The van der Waals surface area contributed by atoms with Crippen LogP contribution in [0, 0.1) is 6.92 Å². The molecule has 5 nitrogen and oxygen atoms in total. The Bertz CT molecular complexity index is 1200. The summed E-state index contributed by atoms with van der Waals surface area (Å²) in [5.74, 6) is -1.41. The molecule has 1 heterocycles. The molecule has 0 radical (unpaired) electrons. The van der Waals surface area contributed by atoms with E-state index >= 15 is 0 Å². The molecule has 1 aliphatic rings. The average molecular weight is 447 g/mol. The highest BCUT2D eigenvalue weighted by Gasteiger charge is 2.33. The minimum Gasteiger partial charge on any atom is -0.478 e. The number of aromatic carboxylic acids is 1. The number of amides is 1. The second-order valence-electron chi connectivity index (χ2n) is 6.97. The summed E-state index contributed by atoms with van der Waals surface area (Å²) in [7, 11) is 0. The van der Waals surface area contributed by atoms with E-state index in [-0.39, 0.29) is 11.5 Å². The Labute approximate surface area is 189 Å². The van der Waals surface area contributed by atoms with Gasteiger partial charge in [0.2, 0.25) is 0 Å². The zero-order chi connectivity index (χ0) is 22.0. The molecule has 0 atom stereocenters. The van der Waals surface area contributed by atoms with Gasteiger partial charge in [0.25, 0.3) is 5.91 Å². The van der Waals surface area contributed by atoms with E-state index in [4.69, 9.17) is 12.2 Å². The number of rotatable bonds is 5. The smallest absolute Gasteiger partial charge is 0.337 e. The minimum atomic E-state index is -1.09. The second-order valence-corrected chi connectivity index (χ2v) is 8.64. The zero-order valence-electron chi connectivity index (χ0n) is 16.5. The highest BCUT2D eigenvalue weighted by Crippen LogP contribution is 2.33. The second kappa shape index (κ2) is 8.75. The molecule has 3 aromatic rings. The van der Waals surface area contributed by atoms with Crippen molar-refractivity contribution >= 4 is 51.9 Å². The van der Waals surface area contributed by atoms with Crippen LogP contribution in [0.3, 0.4) is 0 Å². The van der Waals surface area contributed by atoms with E-state index in [0.29, 0.717) is 14.9 Å². The maximum Gasteiger partial charge on any atom is 0.337 e. The number of carbonyl (C=O) groups is 2. The van der Waals surface area contributed by atoms with Crippen LogP contribution in [0.5, 0.6) is 0 Å². The molecule has 4 rings (SSSR count). The van der Waals surface area contributed by atoms with Crippen molar-refractivity contribution in [2.75, 3.05) is 5.43 Å². The lowest BCUT2D eigenvalue weighted by atomic mass is 10.0. The lowest BCUT2D eigenvalue weighted by Gasteiger charge is -2.18. The lowest BCUT2D eigenvalue weighted by molar-refractivity contribution is -0.121. The van der Waals surface area contributed by atoms with E-state index in [2.05, 4.69) is 36.6 Å². The van der Waals surface area contributed by atoms with Crippen LogP contribution in [0.25, 0.3) is 17.2 Å². The molecule has 154 valence electrons. The first-order valence-corrected chi connectivity index (χ1v) is 10.7. The van der Waals surface area contributed by atoms with Crippen molar-refractivity contribution in [3.05, 3.63) is 94.4 Å². The standard InChI is InChI=1S/C24H18N2O3S2/c1-15-6-10-17(11-7-15)18-12-8-16(9-13-18)14-21-22(27)26(24(30)31-21)25-20-5-3-2-4-19(20)23(28)29/h2-14,25H,1H3,(H,28,29)/b21-14+. The highest BCUT2D eigenvalue weighted by molar-refractivity contribution is 8.26. The first-order chi connectivity index (χ1) is 14.9. The number of hydrazine groups is 1. The number of thiocarbonyl (C=S) groups is 1. The molecule has 1 fully saturated rings. The number of benzene rings is 3. The molecule has 0 unspecified atom stereocenters. The van der Waals surface area contributed by atoms with Gasteiger partial charge in [0.15, 0.2) is 4.32 Å². The van der Waals surface area contributed by atoms with Crippen LogP contribution >= 0.6 is 24.0 Å². The van der Waals surface area contributed by atoms with Crippen LogP contribution in [0.2, 0.25) is 0 Å². The van der Waals surface area contributed by atoms with Crippen LogP contribution in [0.15, 0.2) is 77.7 Å². The summed E-state index contributed by atoms with van der Waals surface area (Å²) in [6.45, 7) is 2.05. The molecule has 1 aliphatic heterocycles. The summed E-state index contributed by atoms with van der Waals surface area (Å²) < 4.78 is 0.313. The van der Waals surface area contributed by atoms with Crippen molar-refractivity contribution in [2.45, 2.75) is 6.92 Å². The number of thioether (sulfide) groups is 1. The number of carboxylic acids is 1. The highest BCUT2D eigenvalue weighted by atomic mass is 32.2. The van der Waals surface area contributed by atoms with Crippen LogP contribution in [0.4, 0.5) is 5.69 Å². The number of hydrogen-bond acceptors (Lipinski definition) is 5. The summed E-state index contributed by atoms with van der Waals surface area (Å²) in [6, 6.07) is 22.6. The van der Waals surface area contributed by atoms with Crippen molar-refractivity contribution < 1.29 is 14.7 Å². The van der Waals surface area contributed by atoms with Gasteiger partial charge in [-0.1, -0.05) is 78.0 Å². The fraction of sp³-hybridized carbons (Fsp3) is 0.0417. The van der Waals surface area contributed by atoms with Crippen LogP contribution < -0.4 is 5.43 Å². The predicted octanol–water partition coefficient (Wildman–Crippen LogP) is 5.59. The molecule has 31 heavy (non-hydrogen) atoms. The first-order valence-electron chi connectivity index (χ1n) is 9.46. The topological polar surface area (TPSA) is 69.6 Å². The van der Waals surface area contributed by atoms with Gasteiger partial charge < -0.3 is 5.11 Å². The number of anilines is 1. The van der Waals surface area contributed by atoms with Gasteiger partial charge in [0.05, 0.1) is 16.2 Å². The quantitative estimate of drug-likeness (QED) is 0.393. The van der Waals surface area contributed by atoms with Crippen LogP contribution in [-0.4, -0.2) is 26.3 Å². The van der Waals surface area contributed by atoms with Crippen molar-refractivity contribution in [3.63, 3.8) is 0 Å². The summed E-state index contributed by atoms with van der Waals surface area (Å²) >= 11 is 6.50. The molecule has 7 heteroatoms. The van der Waals surface area contributed by atoms with Crippen LogP contribution in [-0.2, 0) is 4.79 Å². The Hall–Kier alpha value is -3.42. The number of nitrogens with zero attached hydrogens (tertiary/aromatic N) is 1. The maximum atomic E-state index is 12.9. The van der Waals surface area contributed by atoms with Gasteiger partial charge in [-0.05, 0) is 54.0 Å². The fourth-order valence-corrected chi connectivity index (χ4v) is 4.30. The van der Waals surface area contributed by atoms with Crippen molar-refractivity contribution in [3.8, 4) is 11.1 Å². The number of para-hydroxylation sites is 1. The third-order valence-electron chi connectivity index (χ3n) is 4.78. The van der Waals surface area contributed by atoms with Crippen molar-refractivity contribution in [2.24, 2.45) is 0 Å². The predicted molar refractivity (Wildman–Crippen MR) is 129 cm³/mol. The largest absolute Gasteiger partial charge is 0.478 e. The Morgan fingerprint density at radius 2 is 1.61 bits per heavy atom. The molecule has 3 aromatic carbocycles.